The number of hydrogen-bond donors (Lipinski definition) is 7. The first-order valence-electron chi connectivity index (χ1n) is 12.7. The minimum atomic E-state index is -5.06. The van der Waals surface area contributed by atoms with Crippen molar-refractivity contribution in [3.8, 4) is 0 Å². The third-order valence-electron chi connectivity index (χ3n) is 5.54. The molecule has 0 aliphatic rings. The van der Waals surface area contributed by atoms with E-state index in [2.05, 4.69) is 51.2 Å². The van der Waals surface area contributed by atoms with E-state index < -0.39 is 30.0 Å². The molecular weight excluding hydrogens is 714 g/mol. The number of halogens is 2. The summed E-state index contributed by atoms with van der Waals surface area (Å²) < 4.78 is 70.8. The van der Waals surface area contributed by atoms with Crippen molar-refractivity contribution in [3.63, 3.8) is 0 Å². The minimum absolute atomic E-state index is 0. The summed E-state index contributed by atoms with van der Waals surface area (Å²) in [5.74, 6) is -0.114. The Hall–Kier alpha value is -3.28. The Morgan fingerprint density at radius 3 is 1.49 bits per heavy atom. The van der Waals surface area contributed by atoms with Crippen LogP contribution in [0.3, 0.4) is 0 Å². The smallest absolute Gasteiger partial charge is 0.744 e. The molecule has 2 heterocycles. The van der Waals surface area contributed by atoms with Gasteiger partial charge in [-0.15, -0.1) is 0 Å². The average Bonchev–Trinajstić information content (AvgIpc) is 2.97. The summed E-state index contributed by atoms with van der Waals surface area (Å²) >= 11 is 11.8. The largest absolute Gasteiger partial charge is 1.00 e. The Morgan fingerprint density at radius 2 is 1.09 bits per heavy atom. The number of aliphatic hydroxyl groups excluding tert-OH is 2. The van der Waals surface area contributed by atoms with Gasteiger partial charge in [0.25, 0.3) is 10.1 Å². The van der Waals surface area contributed by atoms with Gasteiger partial charge in [0.2, 0.25) is 34.4 Å². The number of hydrogen-bond acceptors (Lipinski definition) is 17. The van der Waals surface area contributed by atoms with Crippen LogP contribution in [0.15, 0.2) is 46.2 Å². The van der Waals surface area contributed by atoms with Crippen molar-refractivity contribution < 1.29 is 65.7 Å². The van der Waals surface area contributed by atoms with Crippen LogP contribution in [-0.4, -0.2) is 92.4 Å². The van der Waals surface area contributed by atoms with Crippen LogP contribution < -0.4 is 50.8 Å². The van der Waals surface area contributed by atoms with Gasteiger partial charge in [0.05, 0.1) is 18.1 Å². The SMILES string of the molecule is O=S(=O)([O-])c1cc(Nc2nc(Cl)nc(NCCO)n2)ccc1/C=C/c1ccc(Nc2nc(Cl)nc(NCCO)n2)cc1S(=O)(=O)O.[Na+]. The Morgan fingerprint density at radius 1 is 0.681 bits per heavy atom. The van der Waals surface area contributed by atoms with Crippen molar-refractivity contribution in [2.75, 3.05) is 47.6 Å². The maximum atomic E-state index is 12.2. The molecule has 0 unspecified atom stereocenters. The van der Waals surface area contributed by atoms with Crippen molar-refractivity contribution in [3.05, 3.63) is 58.1 Å². The molecule has 7 N–H and O–H groups in total. The van der Waals surface area contributed by atoms with E-state index in [-0.39, 0.29) is 113 Å². The number of aromatic nitrogens is 6. The molecule has 244 valence electrons. The van der Waals surface area contributed by atoms with Gasteiger partial charge in [-0.3, -0.25) is 4.55 Å². The molecule has 0 saturated carbocycles. The number of aliphatic hydroxyl groups is 2. The standard InChI is InChI=1S/C24H24Cl2N10O8S2.Na/c25-19-31-21(27-7-9-37)35-23(33-19)29-15-5-3-13(17(11-15)45(39,40)41)1-2-14-4-6-16(12-18(14)46(42,43)44)30-24-34-20(26)32-22(36-24)28-8-10-38;/h1-6,11-12,37-38H,7-10H2,(H,39,40,41)(H,42,43,44)(H2,27,29,31,33,35)(H2,28,30,32,34,36);/q;+1/p-1/b2-1+;. The van der Waals surface area contributed by atoms with E-state index in [1.807, 2.05) is 0 Å². The third kappa shape index (κ3) is 11.1. The zero-order valence-corrected chi connectivity index (χ0v) is 29.2. The maximum Gasteiger partial charge on any atom is 1.00 e. The fraction of sp³-hybridized carbons (Fsp3) is 0.167. The minimum Gasteiger partial charge on any atom is -0.744 e. The predicted molar refractivity (Wildman–Crippen MR) is 167 cm³/mol. The number of rotatable bonds is 14. The van der Waals surface area contributed by atoms with Gasteiger partial charge in [-0.25, -0.2) is 8.42 Å². The zero-order chi connectivity index (χ0) is 33.5. The van der Waals surface area contributed by atoms with E-state index in [0.717, 1.165) is 12.1 Å². The van der Waals surface area contributed by atoms with Crippen molar-refractivity contribution in [2.45, 2.75) is 9.79 Å². The fourth-order valence-electron chi connectivity index (χ4n) is 3.68. The fourth-order valence-corrected chi connectivity index (χ4v) is 5.41. The molecule has 0 radical (unpaired) electrons. The van der Waals surface area contributed by atoms with Gasteiger partial charge < -0.3 is 36.0 Å². The Kier molecular flexibility index (Phi) is 13.6. The van der Waals surface area contributed by atoms with Crippen molar-refractivity contribution in [2.24, 2.45) is 0 Å². The second kappa shape index (κ2) is 16.7. The molecule has 0 amide bonds. The molecule has 4 aromatic rings. The molecule has 0 aliphatic heterocycles. The third-order valence-corrected chi connectivity index (χ3v) is 7.67. The van der Waals surface area contributed by atoms with Crippen LogP contribution in [0.25, 0.3) is 12.2 Å². The van der Waals surface area contributed by atoms with E-state index in [0.29, 0.717) is 0 Å². The van der Waals surface area contributed by atoms with Gasteiger partial charge in [-0.05, 0) is 58.6 Å². The monoisotopic (exact) mass is 736 g/mol. The summed E-state index contributed by atoms with van der Waals surface area (Å²) in [4.78, 5) is 22.3. The van der Waals surface area contributed by atoms with Crippen LogP contribution in [0, 0.1) is 0 Å². The number of anilines is 6. The zero-order valence-electron chi connectivity index (χ0n) is 24.1. The molecule has 0 saturated heterocycles. The van der Waals surface area contributed by atoms with E-state index in [9.17, 15) is 25.9 Å². The summed E-state index contributed by atoms with van der Waals surface area (Å²) in [6.45, 7) is -0.166. The first-order valence-corrected chi connectivity index (χ1v) is 16.3. The average molecular weight is 738 g/mol. The summed E-state index contributed by atoms with van der Waals surface area (Å²) in [6, 6.07) is 7.45. The number of nitrogens with one attached hydrogen (secondary N) is 4. The van der Waals surface area contributed by atoms with Crippen LogP contribution in [0.4, 0.5) is 35.2 Å². The molecule has 4 rings (SSSR count). The molecule has 0 aliphatic carbocycles. The molecule has 0 bridgehead atoms. The van der Waals surface area contributed by atoms with E-state index >= 15 is 0 Å². The van der Waals surface area contributed by atoms with Crippen molar-refractivity contribution in [1.29, 1.82) is 0 Å². The molecular formula is C24H23Cl2N10NaO8S2. The number of nitrogens with zero attached hydrogens (tertiary/aromatic N) is 6. The van der Waals surface area contributed by atoms with Crippen LogP contribution in [0.1, 0.15) is 11.1 Å². The van der Waals surface area contributed by atoms with Crippen LogP contribution >= 0.6 is 23.2 Å². The van der Waals surface area contributed by atoms with Crippen LogP contribution in [0.2, 0.25) is 10.6 Å². The summed E-state index contributed by atoms with van der Waals surface area (Å²) in [5, 5.41) is 28.4. The van der Waals surface area contributed by atoms with Gasteiger partial charge in [0.15, 0.2) is 0 Å². The second-order valence-corrected chi connectivity index (χ2v) is 12.2. The van der Waals surface area contributed by atoms with Crippen molar-refractivity contribution >= 4 is 90.8 Å². The van der Waals surface area contributed by atoms with Crippen LogP contribution in [0.5, 0.6) is 0 Å². The molecule has 47 heavy (non-hydrogen) atoms. The first kappa shape index (κ1) is 38.2. The van der Waals surface area contributed by atoms with Gasteiger partial charge in [-0.1, -0.05) is 24.3 Å². The molecule has 0 spiro atoms. The molecule has 2 aromatic heterocycles. The van der Waals surface area contributed by atoms with E-state index in [1.54, 1.807) is 0 Å². The topological polar surface area (TPSA) is 277 Å². The Labute approximate surface area is 299 Å². The maximum absolute atomic E-state index is 12.2. The second-order valence-electron chi connectivity index (χ2n) is 8.82. The van der Waals surface area contributed by atoms with Gasteiger partial charge in [0, 0.05) is 24.5 Å². The molecule has 18 nitrogen and oxygen atoms in total. The van der Waals surface area contributed by atoms with Gasteiger partial charge >= 0.3 is 29.6 Å². The normalized spacial score (nSPS) is 11.6. The molecule has 23 heteroatoms. The summed E-state index contributed by atoms with van der Waals surface area (Å²) in [7, 11) is -9.88. The predicted octanol–water partition coefficient (Wildman–Crippen LogP) is -1.02. The first-order chi connectivity index (χ1) is 21.7. The van der Waals surface area contributed by atoms with Crippen LogP contribution in [-0.2, 0) is 20.2 Å². The van der Waals surface area contributed by atoms with E-state index in [4.69, 9.17) is 33.4 Å². The van der Waals surface area contributed by atoms with E-state index in [1.165, 1.54) is 36.4 Å². The quantitative estimate of drug-likeness (QED) is 0.0463. The summed E-state index contributed by atoms with van der Waals surface area (Å²) in [5.41, 5.74) is 0.0349. The Balaban J connectivity index is 0.00000600. The molecule has 2 aromatic carbocycles. The van der Waals surface area contributed by atoms with Gasteiger partial charge in [-0.2, -0.15) is 38.3 Å². The van der Waals surface area contributed by atoms with Gasteiger partial charge in [0.1, 0.15) is 15.0 Å². The Bertz CT molecular complexity index is 1850. The molecule has 0 atom stereocenters. The molecule has 0 fully saturated rings. The summed E-state index contributed by atoms with van der Waals surface area (Å²) in [6.07, 6.45) is 2.36. The number of benzene rings is 2. The van der Waals surface area contributed by atoms with Crippen molar-refractivity contribution in [1.82, 2.24) is 29.9 Å².